The second-order valence-electron chi connectivity index (χ2n) is 8.60. The van der Waals surface area contributed by atoms with Crippen LogP contribution in [0.15, 0.2) is 47.1 Å². The van der Waals surface area contributed by atoms with Gasteiger partial charge in [0, 0.05) is 55.4 Å². The Hall–Kier alpha value is -3.13. The van der Waals surface area contributed by atoms with Crippen molar-refractivity contribution in [3.63, 3.8) is 0 Å². The second-order valence-corrected chi connectivity index (χ2v) is 9.04. The van der Waals surface area contributed by atoms with Crippen molar-refractivity contribution in [2.24, 2.45) is 0 Å². The van der Waals surface area contributed by atoms with Gasteiger partial charge in [0.1, 0.15) is 5.82 Å². The van der Waals surface area contributed by atoms with Crippen LogP contribution in [0.2, 0.25) is 5.02 Å². The van der Waals surface area contributed by atoms with Crippen LogP contribution in [0.1, 0.15) is 43.1 Å². The molecule has 9 heteroatoms. The molecule has 0 unspecified atom stereocenters. The van der Waals surface area contributed by atoms with Crippen LogP contribution in [0.3, 0.4) is 0 Å². The zero-order valence-electron chi connectivity index (χ0n) is 18.4. The Bertz CT molecular complexity index is 1070. The Labute approximate surface area is 197 Å². The van der Waals surface area contributed by atoms with Crippen LogP contribution in [-0.4, -0.2) is 52.2 Å². The van der Waals surface area contributed by atoms with Gasteiger partial charge >= 0.3 is 6.03 Å². The average molecular weight is 467 g/mol. The number of piperazine rings is 1. The molecule has 1 aliphatic heterocycles. The number of hydrogen-bond acceptors (Lipinski definition) is 6. The maximum atomic E-state index is 12.5. The Kier molecular flexibility index (Phi) is 6.44. The summed E-state index contributed by atoms with van der Waals surface area (Å²) in [6, 6.07) is 11.4. The molecule has 0 radical (unpaired) electrons. The summed E-state index contributed by atoms with van der Waals surface area (Å²) < 4.78 is 5.49. The average Bonchev–Trinajstić information content (AvgIpc) is 3.56. The molecule has 1 aliphatic carbocycles. The number of pyridine rings is 1. The van der Waals surface area contributed by atoms with Crippen molar-refractivity contribution in [2.75, 3.05) is 31.1 Å². The number of urea groups is 1. The lowest BCUT2D eigenvalue weighted by Crippen LogP contribution is -2.51. The highest BCUT2D eigenvalue weighted by atomic mass is 35.5. The third-order valence-electron chi connectivity index (χ3n) is 6.40. The largest absolute Gasteiger partial charge is 0.353 e. The fourth-order valence-electron chi connectivity index (χ4n) is 4.43. The van der Waals surface area contributed by atoms with Gasteiger partial charge in [-0.2, -0.15) is 4.98 Å². The summed E-state index contributed by atoms with van der Waals surface area (Å²) in [6.45, 7) is 3.23. The van der Waals surface area contributed by atoms with Crippen LogP contribution in [-0.2, 0) is 6.54 Å². The molecule has 2 fully saturated rings. The molecule has 2 amide bonds. The highest BCUT2D eigenvalue weighted by molar-refractivity contribution is 6.30. The van der Waals surface area contributed by atoms with Crippen molar-refractivity contribution in [1.29, 1.82) is 0 Å². The zero-order valence-corrected chi connectivity index (χ0v) is 19.2. The number of rotatable bonds is 5. The van der Waals surface area contributed by atoms with Crippen molar-refractivity contribution >= 4 is 23.4 Å². The summed E-state index contributed by atoms with van der Waals surface area (Å²) in [5.41, 5.74) is 1.87. The standard InChI is InChI=1S/C24H27ClN6O2/c25-20-8-5-17(6-9-20)15-27-24(32)31-13-11-30(12-14-31)21-10-7-19(16-26-21)22-28-23(33-29-22)18-3-1-2-4-18/h5-10,16,18H,1-4,11-15H2,(H,27,32). The van der Waals surface area contributed by atoms with E-state index in [9.17, 15) is 4.79 Å². The Morgan fingerprint density at radius 2 is 1.82 bits per heavy atom. The van der Waals surface area contributed by atoms with Crippen molar-refractivity contribution in [2.45, 2.75) is 38.1 Å². The molecular weight excluding hydrogens is 440 g/mol. The van der Waals surface area contributed by atoms with Gasteiger partial charge in [-0.05, 0) is 42.7 Å². The van der Waals surface area contributed by atoms with Gasteiger partial charge < -0.3 is 19.6 Å². The van der Waals surface area contributed by atoms with Crippen LogP contribution < -0.4 is 10.2 Å². The summed E-state index contributed by atoms with van der Waals surface area (Å²) in [5.74, 6) is 2.63. The lowest BCUT2D eigenvalue weighted by Gasteiger charge is -2.35. The summed E-state index contributed by atoms with van der Waals surface area (Å²) in [5, 5.41) is 7.82. The van der Waals surface area contributed by atoms with Crippen molar-refractivity contribution in [3.05, 3.63) is 59.1 Å². The lowest BCUT2D eigenvalue weighted by molar-refractivity contribution is 0.194. The number of nitrogens with zero attached hydrogens (tertiary/aromatic N) is 5. The molecule has 5 rings (SSSR count). The van der Waals surface area contributed by atoms with Gasteiger partial charge in [0.15, 0.2) is 0 Å². The first-order valence-corrected chi connectivity index (χ1v) is 11.9. The first-order valence-electron chi connectivity index (χ1n) is 11.5. The fraction of sp³-hybridized carbons (Fsp3) is 0.417. The third kappa shape index (κ3) is 5.11. The van der Waals surface area contributed by atoms with Crippen molar-refractivity contribution < 1.29 is 9.32 Å². The van der Waals surface area contributed by atoms with Crippen molar-refractivity contribution in [3.8, 4) is 11.4 Å². The van der Waals surface area contributed by atoms with Crippen LogP contribution >= 0.6 is 11.6 Å². The second kappa shape index (κ2) is 9.79. The number of benzene rings is 1. The van der Waals surface area contributed by atoms with Gasteiger partial charge in [0.05, 0.1) is 0 Å². The van der Waals surface area contributed by atoms with Gasteiger partial charge in [-0.25, -0.2) is 9.78 Å². The predicted octanol–water partition coefficient (Wildman–Crippen LogP) is 4.47. The monoisotopic (exact) mass is 466 g/mol. The minimum atomic E-state index is -0.0527. The highest BCUT2D eigenvalue weighted by Gasteiger charge is 2.24. The predicted molar refractivity (Wildman–Crippen MR) is 126 cm³/mol. The minimum absolute atomic E-state index is 0.0527. The van der Waals surface area contributed by atoms with Crippen LogP contribution in [0.25, 0.3) is 11.4 Å². The summed E-state index contributed by atoms with van der Waals surface area (Å²) in [4.78, 5) is 25.7. The van der Waals surface area contributed by atoms with Gasteiger partial charge in [-0.3, -0.25) is 0 Å². The number of anilines is 1. The van der Waals surface area contributed by atoms with E-state index in [-0.39, 0.29) is 6.03 Å². The number of carbonyl (C=O) groups excluding carboxylic acids is 1. The van der Waals surface area contributed by atoms with E-state index in [2.05, 4.69) is 25.3 Å². The number of aromatic nitrogens is 3. The third-order valence-corrected chi connectivity index (χ3v) is 6.65. The molecular formula is C24H27ClN6O2. The molecule has 33 heavy (non-hydrogen) atoms. The molecule has 1 aromatic carbocycles. The normalized spacial score (nSPS) is 16.9. The molecule has 3 heterocycles. The Morgan fingerprint density at radius 3 is 2.52 bits per heavy atom. The van der Waals surface area contributed by atoms with E-state index in [4.69, 9.17) is 16.1 Å². The van der Waals surface area contributed by atoms with E-state index in [0.29, 0.717) is 36.4 Å². The SMILES string of the molecule is O=C(NCc1ccc(Cl)cc1)N1CCN(c2ccc(-c3noc(C4CCCC4)n3)cn2)CC1. The number of carbonyl (C=O) groups is 1. The Balaban J connectivity index is 1.12. The number of nitrogens with one attached hydrogen (secondary N) is 1. The molecule has 1 N–H and O–H groups in total. The van der Waals surface area contributed by atoms with E-state index < -0.39 is 0 Å². The topological polar surface area (TPSA) is 87.4 Å². The van der Waals surface area contributed by atoms with E-state index in [1.54, 1.807) is 6.20 Å². The molecule has 1 saturated heterocycles. The lowest BCUT2D eigenvalue weighted by atomic mass is 10.1. The van der Waals surface area contributed by atoms with Crippen LogP contribution in [0.5, 0.6) is 0 Å². The van der Waals surface area contributed by atoms with Crippen molar-refractivity contribution in [1.82, 2.24) is 25.3 Å². The smallest absolute Gasteiger partial charge is 0.317 e. The maximum Gasteiger partial charge on any atom is 0.317 e. The zero-order chi connectivity index (χ0) is 22.6. The quantitative estimate of drug-likeness (QED) is 0.596. The molecule has 8 nitrogen and oxygen atoms in total. The van der Waals surface area contributed by atoms with Gasteiger partial charge in [-0.1, -0.05) is 41.7 Å². The molecule has 3 aromatic rings. The van der Waals surface area contributed by atoms with Gasteiger partial charge in [-0.15, -0.1) is 0 Å². The van der Waals surface area contributed by atoms with Gasteiger partial charge in [0.2, 0.25) is 11.7 Å². The van der Waals surface area contributed by atoms with Crippen LogP contribution in [0, 0.1) is 0 Å². The first-order chi connectivity index (χ1) is 16.2. The van der Waals surface area contributed by atoms with E-state index in [1.165, 1.54) is 12.8 Å². The van der Waals surface area contributed by atoms with E-state index >= 15 is 0 Å². The Morgan fingerprint density at radius 1 is 1.06 bits per heavy atom. The minimum Gasteiger partial charge on any atom is -0.353 e. The molecule has 172 valence electrons. The number of amides is 2. The molecule has 2 aliphatic rings. The summed E-state index contributed by atoms with van der Waals surface area (Å²) in [6.07, 6.45) is 6.52. The molecule has 1 saturated carbocycles. The molecule has 2 aromatic heterocycles. The first kappa shape index (κ1) is 21.7. The van der Waals surface area contributed by atoms with E-state index in [1.807, 2.05) is 41.3 Å². The van der Waals surface area contributed by atoms with Gasteiger partial charge in [0.25, 0.3) is 0 Å². The maximum absolute atomic E-state index is 12.5. The summed E-state index contributed by atoms with van der Waals surface area (Å²) in [7, 11) is 0. The molecule has 0 atom stereocenters. The number of halogens is 1. The molecule has 0 bridgehead atoms. The van der Waals surface area contributed by atoms with Crippen LogP contribution in [0.4, 0.5) is 10.6 Å². The fourth-order valence-corrected chi connectivity index (χ4v) is 4.55. The number of hydrogen-bond donors (Lipinski definition) is 1. The highest BCUT2D eigenvalue weighted by Crippen LogP contribution is 2.33. The summed E-state index contributed by atoms with van der Waals surface area (Å²) >= 11 is 5.91. The molecule has 0 spiro atoms. The van der Waals surface area contributed by atoms with E-state index in [0.717, 1.165) is 48.8 Å².